The number of halogens is 1. The van der Waals surface area contributed by atoms with Crippen molar-refractivity contribution < 1.29 is 13.2 Å². The molecule has 0 atom stereocenters. The Morgan fingerprint density at radius 3 is 2.32 bits per heavy atom. The van der Waals surface area contributed by atoms with E-state index in [0.717, 1.165) is 11.2 Å². The Kier molecular flexibility index (Phi) is 5.16. The van der Waals surface area contributed by atoms with Crippen LogP contribution in [0.4, 0.5) is 5.69 Å². The van der Waals surface area contributed by atoms with Crippen LogP contribution in [-0.2, 0) is 9.84 Å². The van der Waals surface area contributed by atoms with Gasteiger partial charge < -0.3 is 5.32 Å². The fourth-order valence-electron chi connectivity index (χ4n) is 1.81. The summed E-state index contributed by atoms with van der Waals surface area (Å²) < 4.78 is 23.3. The standard InChI is InChI=1S/C15H14ClNO3S2/c1-21-12-6-4-11(5-7-12)17-15(18)10-3-8-13(16)14(9-10)22(2,19)20/h3-9H,1-2H3,(H,17,18). The molecule has 0 saturated heterocycles. The van der Waals surface area contributed by atoms with Crippen molar-refractivity contribution in [1.82, 2.24) is 0 Å². The summed E-state index contributed by atoms with van der Waals surface area (Å²) in [5.41, 5.74) is 0.873. The minimum absolute atomic E-state index is 0.0560. The molecule has 116 valence electrons. The molecule has 1 N–H and O–H groups in total. The zero-order valence-electron chi connectivity index (χ0n) is 12.0. The molecule has 2 rings (SSSR count). The van der Waals surface area contributed by atoms with Gasteiger partial charge in [-0.2, -0.15) is 0 Å². The van der Waals surface area contributed by atoms with Gasteiger partial charge in [0.1, 0.15) is 0 Å². The van der Waals surface area contributed by atoms with Gasteiger partial charge in [-0.25, -0.2) is 8.42 Å². The summed E-state index contributed by atoms with van der Waals surface area (Å²) in [7, 11) is -3.49. The molecule has 0 spiro atoms. The number of anilines is 1. The molecule has 2 aromatic carbocycles. The Hall–Kier alpha value is -1.50. The first-order chi connectivity index (χ1) is 10.3. The summed E-state index contributed by atoms with van der Waals surface area (Å²) in [6.45, 7) is 0. The lowest BCUT2D eigenvalue weighted by atomic mass is 10.2. The summed E-state index contributed by atoms with van der Waals surface area (Å²) in [6, 6.07) is 11.5. The Balaban J connectivity index is 2.26. The second kappa shape index (κ2) is 6.73. The van der Waals surface area contributed by atoms with Gasteiger partial charge in [0.25, 0.3) is 5.91 Å². The third kappa shape index (κ3) is 4.03. The van der Waals surface area contributed by atoms with Crippen molar-refractivity contribution in [2.75, 3.05) is 17.8 Å². The molecule has 2 aromatic rings. The predicted molar refractivity (Wildman–Crippen MR) is 90.7 cm³/mol. The fourth-order valence-corrected chi connectivity index (χ4v) is 3.52. The maximum absolute atomic E-state index is 12.2. The van der Waals surface area contributed by atoms with Crippen LogP contribution in [0.5, 0.6) is 0 Å². The normalized spacial score (nSPS) is 11.2. The van der Waals surface area contributed by atoms with Crippen molar-refractivity contribution in [2.45, 2.75) is 9.79 Å². The summed E-state index contributed by atoms with van der Waals surface area (Å²) in [4.78, 5) is 13.2. The average Bonchev–Trinajstić information content (AvgIpc) is 2.47. The molecule has 0 radical (unpaired) electrons. The number of benzene rings is 2. The molecule has 0 aromatic heterocycles. The number of hydrogen-bond donors (Lipinski definition) is 1. The molecule has 0 heterocycles. The van der Waals surface area contributed by atoms with Crippen LogP contribution in [0.15, 0.2) is 52.3 Å². The van der Waals surface area contributed by atoms with Crippen LogP contribution in [0.3, 0.4) is 0 Å². The van der Waals surface area contributed by atoms with Crippen LogP contribution >= 0.6 is 23.4 Å². The van der Waals surface area contributed by atoms with E-state index in [2.05, 4.69) is 5.32 Å². The smallest absolute Gasteiger partial charge is 0.255 e. The lowest BCUT2D eigenvalue weighted by molar-refractivity contribution is 0.102. The van der Waals surface area contributed by atoms with Crippen LogP contribution < -0.4 is 5.32 Å². The highest BCUT2D eigenvalue weighted by Crippen LogP contribution is 2.23. The van der Waals surface area contributed by atoms with Gasteiger partial charge in [0.2, 0.25) is 0 Å². The first-order valence-corrected chi connectivity index (χ1v) is 9.75. The number of hydrogen-bond acceptors (Lipinski definition) is 4. The Bertz CT molecular complexity index is 802. The molecule has 0 aliphatic rings. The van der Waals surface area contributed by atoms with E-state index in [-0.39, 0.29) is 15.5 Å². The lowest BCUT2D eigenvalue weighted by Crippen LogP contribution is -2.12. The van der Waals surface area contributed by atoms with E-state index in [1.165, 1.54) is 18.2 Å². The van der Waals surface area contributed by atoms with Crippen molar-refractivity contribution in [3.8, 4) is 0 Å². The van der Waals surface area contributed by atoms with E-state index < -0.39 is 15.7 Å². The number of amides is 1. The van der Waals surface area contributed by atoms with Gasteiger partial charge in [0.15, 0.2) is 9.84 Å². The largest absolute Gasteiger partial charge is 0.322 e. The van der Waals surface area contributed by atoms with Crippen LogP contribution in [0.1, 0.15) is 10.4 Å². The Morgan fingerprint density at radius 1 is 1.14 bits per heavy atom. The van der Waals surface area contributed by atoms with Crippen LogP contribution in [0, 0.1) is 0 Å². The monoisotopic (exact) mass is 355 g/mol. The Labute approximate surface area is 138 Å². The highest BCUT2D eigenvalue weighted by molar-refractivity contribution is 7.98. The van der Waals surface area contributed by atoms with Crippen molar-refractivity contribution in [1.29, 1.82) is 0 Å². The highest BCUT2D eigenvalue weighted by atomic mass is 35.5. The van der Waals surface area contributed by atoms with Gasteiger partial charge in [-0.15, -0.1) is 11.8 Å². The molecular weight excluding hydrogens is 342 g/mol. The summed E-state index contributed by atoms with van der Waals surface area (Å²) in [5.74, 6) is -0.390. The van der Waals surface area contributed by atoms with Crippen LogP contribution in [0.25, 0.3) is 0 Å². The van der Waals surface area contributed by atoms with Crippen molar-refractivity contribution in [3.63, 3.8) is 0 Å². The lowest BCUT2D eigenvalue weighted by Gasteiger charge is -2.08. The molecular formula is C15H14ClNO3S2. The summed E-state index contributed by atoms with van der Waals surface area (Å²) in [5, 5.41) is 2.82. The van der Waals surface area contributed by atoms with Gasteiger partial charge in [-0.3, -0.25) is 4.79 Å². The predicted octanol–water partition coefficient (Wildman–Crippen LogP) is 3.72. The second-order valence-corrected chi connectivity index (χ2v) is 7.87. The van der Waals surface area contributed by atoms with Gasteiger partial charge in [0.05, 0.1) is 9.92 Å². The van der Waals surface area contributed by atoms with Gasteiger partial charge >= 0.3 is 0 Å². The van der Waals surface area contributed by atoms with Crippen molar-refractivity contribution in [3.05, 3.63) is 53.1 Å². The number of carbonyl (C=O) groups is 1. The van der Waals surface area contributed by atoms with E-state index in [0.29, 0.717) is 5.69 Å². The van der Waals surface area contributed by atoms with Crippen LogP contribution in [0.2, 0.25) is 5.02 Å². The quantitative estimate of drug-likeness (QED) is 0.849. The molecule has 0 unspecified atom stereocenters. The van der Waals surface area contributed by atoms with Gasteiger partial charge in [0, 0.05) is 22.4 Å². The molecule has 0 aliphatic heterocycles. The third-order valence-corrected chi connectivity index (χ3v) is 5.26. The van der Waals surface area contributed by atoms with E-state index in [9.17, 15) is 13.2 Å². The third-order valence-electron chi connectivity index (χ3n) is 2.94. The zero-order valence-corrected chi connectivity index (χ0v) is 14.3. The number of carbonyl (C=O) groups excluding carboxylic acids is 1. The van der Waals surface area contributed by atoms with Crippen molar-refractivity contribution in [2.24, 2.45) is 0 Å². The molecule has 0 aliphatic carbocycles. The van der Waals surface area contributed by atoms with Gasteiger partial charge in [-0.1, -0.05) is 11.6 Å². The molecule has 4 nitrogen and oxygen atoms in total. The Morgan fingerprint density at radius 2 is 1.77 bits per heavy atom. The first kappa shape index (κ1) is 16.9. The minimum Gasteiger partial charge on any atom is -0.322 e. The first-order valence-electron chi connectivity index (χ1n) is 6.26. The number of sulfone groups is 1. The fraction of sp³-hybridized carbons (Fsp3) is 0.133. The average molecular weight is 356 g/mol. The van der Waals surface area contributed by atoms with E-state index in [4.69, 9.17) is 11.6 Å². The molecule has 1 amide bonds. The molecule has 0 saturated carbocycles. The van der Waals surface area contributed by atoms with Crippen LogP contribution in [-0.4, -0.2) is 26.8 Å². The molecule has 0 bridgehead atoms. The SMILES string of the molecule is CSc1ccc(NC(=O)c2ccc(Cl)c(S(C)(=O)=O)c2)cc1. The minimum atomic E-state index is -3.49. The maximum Gasteiger partial charge on any atom is 0.255 e. The number of thioether (sulfide) groups is 1. The number of nitrogens with one attached hydrogen (secondary N) is 1. The number of rotatable bonds is 4. The molecule has 7 heteroatoms. The molecule has 0 fully saturated rings. The van der Waals surface area contributed by atoms with E-state index in [1.807, 2.05) is 18.4 Å². The van der Waals surface area contributed by atoms with Crippen molar-refractivity contribution >= 4 is 44.8 Å². The second-order valence-electron chi connectivity index (χ2n) is 4.60. The summed E-state index contributed by atoms with van der Waals surface area (Å²) in [6.07, 6.45) is 3.02. The van der Waals surface area contributed by atoms with E-state index in [1.54, 1.807) is 23.9 Å². The zero-order chi connectivity index (χ0) is 16.3. The molecule has 22 heavy (non-hydrogen) atoms. The van der Waals surface area contributed by atoms with Gasteiger partial charge in [-0.05, 0) is 48.7 Å². The highest BCUT2D eigenvalue weighted by Gasteiger charge is 2.16. The maximum atomic E-state index is 12.2. The summed E-state index contributed by atoms with van der Waals surface area (Å²) >= 11 is 7.47. The van der Waals surface area contributed by atoms with E-state index >= 15 is 0 Å². The topological polar surface area (TPSA) is 63.2 Å².